The lowest BCUT2D eigenvalue weighted by molar-refractivity contribution is -0.154. The number of aromatic nitrogens is 1. The molecule has 1 N–H and O–H groups in total. The van der Waals surface area contributed by atoms with Gasteiger partial charge < -0.3 is 15.0 Å². The largest absolute Gasteiger partial charge is 0.460 e. The molecule has 0 aliphatic carbocycles. The summed E-state index contributed by atoms with van der Waals surface area (Å²) in [5.74, 6) is 0.811. The van der Waals surface area contributed by atoms with Gasteiger partial charge in [-0.15, -0.1) is 11.3 Å². The van der Waals surface area contributed by atoms with Crippen molar-refractivity contribution in [2.75, 3.05) is 20.1 Å². The molecule has 0 fully saturated rings. The molecule has 0 spiro atoms. The van der Waals surface area contributed by atoms with Gasteiger partial charge in [-0.1, -0.05) is 12.8 Å². The van der Waals surface area contributed by atoms with Gasteiger partial charge in [0.1, 0.15) is 5.60 Å². The van der Waals surface area contributed by atoms with Crippen LogP contribution in [0.3, 0.4) is 0 Å². The van der Waals surface area contributed by atoms with Crippen LogP contribution in [0.25, 0.3) is 0 Å². The summed E-state index contributed by atoms with van der Waals surface area (Å²) in [6, 6.07) is 0. The Hall–Kier alpha value is -1.63. The molecule has 6 nitrogen and oxygen atoms in total. The molecule has 0 atom stereocenters. The normalized spacial score (nSPS) is 12.1. The maximum atomic E-state index is 11.7. The van der Waals surface area contributed by atoms with E-state index < -0.39 is 5.60 Å². The zero-order valence-corrected chi connectivity index (χ0v) is 18.6. The summed E-state index contributed by atoms with van der Waals surface area (Å²) in [5.41, 5.74) is 0.685. The first-order valence-corrected chi connectivity index (χ1v) is 10.7. The summed E-state index contributed by atoms with van der Waals surface area (Å²) in [5, 5.41) is 6.53. The van der Waals surface area contributed by atoms with Gasteiger partial charge in [0.05, 0.1) is 17.2 Å². The molecule has 1 aromatic rings. The number of aliphatic imine (C=N–C) groups is 1. The van der Waals surface area contributed by atoms with Crippen LogP contribution in [0, 0.1) is 6.92 Å². The first-order chi connectivity index (χ1) is 12.7. The number of carbonyl (C=O) groups excluding carboxylic acids is 1. The average molecular weight is 397 g/mol. The second-order valence-electron chi connectivity index (χ2n) is 7.70. The fraction of sp³-hybridized carbons (Fsp3) is 0.750. The van der Waals surface area contributed by atoms with Gasteiger partial charge in [0.25, 0.3) is 0 Å². The predicted octanol–water partition coefficient (Wildman–Crippen LogP) is 4.14. The molecule has 0 unspecified atom stereocenters. The van der Waals surface area contributed by atoms with Crippen molar-refractivity contribution in [3.63, 3.8) is 0 Å². The minimum atomic E-state index is -0.391. The Labute approximate surface area is 168 Å². The van der Waals surface area contributed by atoms with Gasteiger partial charge in [0.2, 0.25) is 0 Å². The molecule has 154 valence electrons. The van der Waals surface area contributed by atoms with Crippen LogP contribution in [-0.2, 0) is 16.1 Å². The van der Waals surface area contributed by atoms with Crippen molar-refractivity contribution in [3.05, 3.63) is 16.1 Å². The van der Waals surface area contributed by atoms with Crippen LogP contribution < -0.4 is 5.32 Å². The molecule has 0 aliphatic heterocycles. The zero-order chi connectivity index (χ0) is 20.3. The van der Waals surface area contributed by atoms with Crippen LogP contribution >= 0.6 is 11.3 Å². The summed E-state index contributed by atoms with van der Waals surface area (Å²) in [6.07, 6.45) is 4.49. The fourth-order valence-electron chi connectivity index (χ4n) is 2.58. The van der Waals surface area contributed by atoms with Crippen molar-refractivity contribution in [1.29, 1.82) is 0 Å². The molecular formula is C20H36N4O2S. The van der Waals surface area contributed by atoms with Crippen LogP contribution in [0.5, 0.6) is 0 Å². The van der Waals surface area contributed by atoms with E-state index in [0.717, 1.165) is 62.0 Å². The van der Waals surface area contributed by atoms with Gasteiger partial charge in [-0.3, -0.25) is 9.79 Å². The van der Waals surface area contributed by atoms with Crippen LogP contribution in [0.2, 0.25) is 0 Å². The summed E-state index contributed by atoms with van der Waals surface area (Å²) in [6.45, 7) is 12.2. The maximum absolute atomic E-state index is 11.7. The third-order valence-electron chi connectivity index (χ3n) is 3.73. The number of esters is 1. The lowest BCUT2D eigenvalue weighted by Gasteiger charge is -2.21. The second kappa shape index (κ2) is 12.0. The number of rotatable bonds is 10. The van der Waals surface area contributed by atoms with Crippen molar-refractivity contribution < 1.29 is 9.53 Å². The number of unbranched alkanes of at least 4 members (excludes halogenated alkanes) is 3. The first-order valence-electron chi connectivity index (χ1n) is 9.83. The topological polar surface area (TPSA) is 66.8 Å². The highest BCUT2D eigenvalue weighted by Gasteiger charge is 2.15. The van der Waals surface area contributed by atoms with Gasteiger partial charge in [-0.2, -0.15) is 0 Å². The SMILES string of the molecule is CCNC(=NCCCCCCC(=O)OC(C)(C)C)N(C)Cc1csc(C)n1. The van der Waals surface area contributed by atoms with Crippen molar-refractivity contribution in [2.24, 2.45) is 4.99 Å². The standard InChI is InChI=1S/C20H36N4O2S/c1-7-21-19(24(6)14-17-15-27-16(2)23-17)22-13-11-9-8-10-12-18(25)26-20(3,4)5/h15H,7-14H2,1-6H3,(H,21,22). The highest BCUT2D eigenvalue weighted by molar-refractivity contribution is 7.09. The van der Waals surface area contributed by atoms with Gasteiger partial charge in [-0.25, -0.2) is 4.98 Å². The Morgan fingerprint density at radius 3 is 2.59 bits per heavy atom. The fourth-order valence-corrected chi connectivity index (χ4v) is 3.18. The Kier molecular flexibility index (Phi) is 10.4. The molecule has 1 aromatic heterocycles. The van der Waals surface area contributed by atoms with E-state index in [4.69, 9.17) is 9.73 Å². The Morgan fingerprint density at radius 1 is 1.30 bits per heavy atom. The van der Waals surface area contributed by atoms with E-state index in [-0.39, 0.29) is 5.97 Å². The lowest BCUT2D eigenvalue weighted by Crippen LogP contribution is -2.38. The third-order valence-corrected chi connectivity index (χ3v) is 4.56. The number of carbonyl (C=O) groups is 1. The summed E-state index contributed by atoms with van der Waals surface area (Å²) in [4.78, 5) is 23.0. The van der Waals surface area contributed by atoms with Crippen molar-refractivity contribution in [1.82, 2.24) is 15.2 Å². The van der Waals surface area contributed by atoms with E-state index in [0.29, 0.717) is 6.42 Å². The van der Waals surface area contributed by atoms with E-state index in [9.17, 15) is 4.79 Å². The number of nitrogens with one attached hydrogen (secondary N) is 1. The van der Waals surface area contributed by atoms with Crippen LogP contribution in [0.4, 0.5) is 0 Å². The van der Waals surface area contributed by atoms with Gasteiger partial charge >= 0.3 is 5.97 Å². The maximum Gasteiger partial charge on any atom is 0.306 e. The van der Waals surface area contributed by atoms with Crippen molar-refractivity contribution in [3.8, 4) is 0 Å². The van der Waals surface area contributed by atoms with Gasteiger partial charge in [0, 0.05) is 31.9 Å². The molecule has 7 heteroatoms. The van der Waals surface area contributed by atoms with Crippen LogP contribution in [-0.4, -0.2) is 47.6 Å². The van der Waals surface area contributed by atoms with Crippen LogP contribution in [0.1, 0.15) is 70.5 Å². The highest BCUT2D eigenvalue weighted by Crippen LogP contribution is 2.12. The molecule has 0 saturated carbocycles. The summed E-state index contributed by atoms with van der Waals surface area (Å²) in [7, 11) is 2.04. The number of nitrogens with zero attached hydrogens (tertiary/aromatic N) is 3. The molecular weight excluding hydrogens is 360 g/mol. The smallest absolute Gasteiger partial charge is 0.306 e. The Balaban J connectivity index is 2.28. The predicted molar refractivity (Wildman–Crippen MR) is 113 cm³/mol. The van der Waals surface area contributed by atoms with E-state index in [1.807, 2.05) is 34.7 Å². The quantitative estimate of drug-likeness (QED) is 0.279. The molecule has 0 aromatic carbocycles. The highest BCUT2D eigenvalue weighted by atomic mass is 32.1. The molecule has 0 saturated heterocycles. The Bertz CT molecular complexity index is 593. The lowest BCUT2D eigenvalue weighted by atomic mass is 10.1. The van der Waals surface area contributed by atoms with Gasteiger partial charge in [-0.05, 0) is 47.5 Å². The second-order valence-corrected chi connectivity index (χ2v) is 8.76. The number of hydrogen-bond acceptors (Lipinski definition) is 5. The minimum absolute atomic E-state index is 0.103. The zero-order valence-electron chi connectivity index (χ0n) is 17.8. The van der Waals surface area contributed by atoms with Gasteiger partial charge in [0.15, 0.2) is 5.96 Å². The number of guanidine groups is 1. The molecule has 1 rings (SSSR count). The Morgan fingerprint density at radius 2 is 2.00 bits per heavy atom. The van der Waals surface area contributed by atoms with E-state index in [2.05, 4.69) is 27.5 Å². The summed E-state index contributed by atoms with van der Waals surface area (Å²) >= 11 is 1.67. The number of ether oxygens (including phenoxy) is 1. The van der Waals surface area contributed by atoms with Crippen molar-refractivity contribution >= 4 is 23.3 Å². The molecule has 0 amide bonds. The molecule has 0 radical (unpaired) electrons. The molecule has 27 heavy (non-hydrogen) atoms. The molecule has 0 bridgehead atoms. The van der Waals surface area contributed by atoms with E-state index in [1.54, 1.807) is 11.3 Å². The number of aryl methyl sites for hydroxylation is 1. The van der Waals surface area contributed by atoms with Crippen LogP contribution in [0.15, 0.2) is 10.4 Å². The van der Waals surface area contributed by atoms with E-state index in [1.165, 1.54) is 0 Å². The number of thiazole rings is 1. The molecule has 1 heterocycles. The average Bonchev–Trinajstić information content (AvgIpc) is 2.96. The first kappa shape index (κ1) is 23.4. The third kappa shape index (κ3) is 11.0. The monoisotopic (exact) mass is 396 g/mol. The minimum Gasteiger partial charge on any atom is -0.460 e. The molecule has 0 aliphatic rings. The van der Waals surface area contributed by atoms with E-state index >= 15 is 0 Å². The van der Waals surface area contributed by atoms with Crippen molar-refractivity contribution in [2.45, 2.75) is 78.9 Å². The summed E-state index contributed by atoms with van der Waals surface area (Å²) < 4.78 is 5.32. The number of hydrogen-bond donors (Lipinski definition) is 1.